The Hall–Kier alpha value is -4.64. The Morgan fingerprint density at radius 2 is 0.962 bits per heavy atom. The maximum absolute atomic E-state index is 5.70. The molecule has 0 aliphatic heterocycles. The highest BCUT2D eigenvalue weighted by Crippen LogP contribution is 2.57. The van der Waals surface area contributed by atoms with Crippen molar-refractivity contribution < 1.29 is 9.47 Å². The molecule has 6 aromatic carbocycles. The van der Waals surface area contributed by atoms with Gasteiger partial charge in [-0.15, -0.1) is 22.7 Å². The molecular formula is C48H44O2S2. The van der Waals surface area contributed by atoms with E-state index in [1.807, 2.05) is 34.8 Å². The molecule has 0 spiro atoms. The molecule has 0 amide bonds. The van der Waals surface area contributed by atoms with Gasteiger partial charge in [-0.05, 0) is 117 Å². The van der Waals surface area contributed by atoms with Crippen LogP contribution in [0.25, 0.3) is 84.9 Å². The van der Waals surface area contributed by atoms with E-state index in [1.54, 1.807) is 25.3 Å². The Labute approximate surface area is 314 Å². The van der Waals surface area contributed by atoms with E-state index in [0.29, 0.717) is 0 Å². The number of unbranched alkanes of at least 4 members (excludes halogenated alkanes) is 4. The fourth-order valence-electron chi connectivity index (χ4n) is 8.70. The summed E-state index contributed by atoms with van der Waals surface area (Å²) in [7, 11) is 3.52. The van der Waals surface area contributed by atoms with Gasteiger partial charge in [-0.25, -0.2) is 0 Å². The van der Waals surface area contributed by atoms with Crippen LogP contribution in [-0.4, -0.2) is 14.2 Å². The summed E-state index contributed by atoms with van der Waals surface area (Å²) in [6.45, 7) is 4.65. The second kappa shape index (κ2) is 13.7. The van der Waals surface area contributed by atoms with Crippen LogP contribution in [0.5, 0.6) is 11.5 Å². The second-order valence-electron chi connectivity index (χ2n) is 14.3. The molecule has 52 heavy (non-hydrogen) atoms. The summed E-state index contributed by atoms with van der Waals surface area (Å²) in [6.07, 6.45) is 9.41. The number of ether oxygens (including phenoxy) is 2. The van der Waals surface area contributed by atoms with E-state index in [0.717, 1.165) is 24.3 Å². The molecule has 0 N–H and O–H groups in total. The number of rotatable bonds is 12. The van der Waals surface area contributed by atoms with Crippen molar-refractivity contribution in [1.29, 1.82) is 0 Å². The number of hydrogen-bond donors (Lipinski definition) is 0. The van der Waals surface area contributed by atoms with Crippen LogP contribution in [0.4, 0.5) is 0 Å². The molecule has 0 unspecified atom stereocenters. The lowest BCUT2D eigenvalue weighted by molar-refractivity contribution is 0.415. The maximum Gasteiger partial charge on any atom is 0.119 e. The van der Waals surface area contributed by atoms with Gasteiger partial charge in [0.2, 0.25) is 0 Å². The van der Waals surface area contributed by atoms with Gasteiger partial charge >= 0.3 is 0 Å². The molecule has 0 radical (unpaired) electrons. The number of methoxy groups -OCH3 is 2. The van der Waals surface area contributed by atoms with Crippen molar-refractivity contribution >= 4 is 64.4 Å². The Bertz CT molecular complexity index is 2460. The fraction of sp³-hybridized carbons (Fsp3) is 0.250. The summed E-state index contributed by atoms with van der Waals surface area (Å²) < 4.78 is 14.2. The molecule has 0 saturated carbocycles. The van der Waals surface area contributed by atoms with Gasteiger partial charge in [0.05, 0.1) is 14.2 Å². The number of hydrogen-bond acceptors (Lipinski definition) is 4. The second-order valence-corrected chi connectivity index (χ2v) is 16.4. The lowest BCUT2D eigenvalue weighted by Crippen LogP contribution is -2.00. The summed E-state index contributed by atoms with van der Waals surface area (Å²) in [4.78, 5) is 2.57. The van der Waals surface area contributed by atoms with Crippen LogP contribution in [0.3, 0.4) is 0 Å². The maximum atomic E-state index is 5.70. The Balaban J connectivity index is 1.47. The zero-order valence-electron chi connectivity index (χ0n) is 30.5. The third-order valence-electron chi connectivity index (χ3n) is 11.1. The molecule has 1 aliphatic carbocycles. The summed E-state index contributed by atoms with van der Waals surface area (Å²) in [5.41, 5.74) is 11.4. The lowest BCUT2D eigenvalue weighted by Gasteiger charge is -2.21. The van der Waals surface area contributed by atoms with E-state index in [9.17, 15) is 0 Å². The standard InChI is InChI=1S/C48H44O2S2/c1-5-7-9-21-36-43-34-23-13-15-29-16-14-24-35(42(29)34)44(43)37(22-10-8-6-2)46-45(36)47-38(27-40(51-47)30-17-11-19-32(25-30)49-3)39-28-41(52-48(39)46)31-18-12-20-33(26-31)50-4/h11-20,23-28H,5-10,21-22H2,1-4H3. The summed E-state index contributed by atoms with van der Waals surface area (Å²) in [5, 5.41) is 8.49. The normalized spacial score (nSPS) is 12.1. The number of aryl methyl sites for hydroxylation is 2. The third-order valence-corrected chi connectivity index (χ3v) is 13.5. The van der Waals surface area contributed by atoms with E-state index >= 15 is 0 Å². The molecule has 9 rings (SSSR count). The van der Waals surface area contributed by atoms with E-state index in [2.05, 4.69) is 98.8 Å². The van der Waals surface area contributed by atoms with Crippen molar-refractivity contribution in [2.45, 2.75) is 65.2 Å². The van der Waals surface area contributed by atoms with E-state index in [-0.39, 0.29) is 0 Å². The minimum Gasteiger partial charge on any atom is -0.497 e. The van der Waals surface area contributed by atoms with E-state index in [1.165, 1.54) is 123 Å². The van der Waals surface area contributed by atoms with Gasteiger partial charge in [0, 0.05) is 40.7 Å². The highest BCUT2D eigenvalue weighted by atomic mass is 32.1. The molecule has 260 valence electrons. The van der Waals surface area contributed by atoms with Crippen molar-refractivity contribution in [3.8, 4) is 54.6 Å². The predicted octanol–water partition coefficient (Wildman–Crippen LogP) is 14.9. The van der Waals surface area contributed by atoms with E-state index in [4.69, 9.17) is 9.47 Å². The highest BCUT2D eigenvalue weighted by molar-refractivity contribution is 7.25. The monoisotopic (exact) mass is 716 g/mol. The van der Waals surface area contributed by atoms with Crippen molar-refractivity contribution in [1.82, 2.24) is 0 Å². The lowest BCUT2D eigenvalue weighted by atomic mass is 9.83. The SMILES string of the molecule is CCCCCc1c2c(c(CCCCC)c3c4sc(-c5cccc(OC)c5)cc4c4cc(-c5cccc(OC)c5)sc4c13)-c1cccc3cccc-2c13. The van der Waals surface area contributed by atoms with Crippen LogP contribution in [0.15, 0.2) is 97.1 Å². The van der Waals surface area contributed by atoms with Crippen molar-refractivity contribution in [2.75, 3.05) is 14.2 Å². The average molecular weight is 717 g/mol. The molecule has 2 nitrogen and oxygen atoms in total. The van der Waals surface area contributed by atoms with Gasteiger partial charge < -0.3 is 9.47 Å². The topological polar surface area (TPSA) is 18.5 Å². The van der Waals surface area contributed by atoms with Crippen molar-refractivity contribution in [3.05, 3.63) is 108 Å². The highest BCUT2D eigenvalue weighted by Gasteiger charge is 2.31. The van der Waals surface area contributed by atoms with Gasteiger partial charge in [-0.2, -0.15) is 0 Å². The Kier molecular flexibility index (Phi) is 8.77. The molecule has 2 heterocycles. The van der Waals surface area contributed by atoms with Crippen molar-refractivity contribution in [3.63, 3.8) is 0 Å². The van der Waals surface area contributed by atoms with Gasteiger partial charge in [-0.1, -0.05) is 100 Å². The van der Waals surface area contributed by atoms with Crippen LogP contribution in [0, 0.1) is 0 Å². The Morgan fingerprint density at radius 3 is 1.40 bits per heavy atom. The molecule has 1 aliphatic rings. The first-order valence-corrected chi connectivity index (χ1v) is 20.6. The van der Waals surface area contributed by atoms with Crippen LogP contribution >= 0.6 is 22.7 Å². The van der Waals surface area contributed by atoms with Crippen LogP contribution in [0.2, 0.25) is 0 Å². The first kappa shape index (κ1) is 33.2. The van der Waals surface area contributed by atoms with Crippen molar-refractivity contribution in [2.24, 2.45) is 0 Å². The zero-order valence-corrected chi connectivity index (χ0v) is 32.2. The summed E-state index contributed by atoms with van der Waals surface area (Å²) in [6, 6.07) is 36.0. The molecule has 0 saturated heterocycles. The smallest absolute Gasteiger partial charge is 0.119 e. The largest absolute Gasteiger partial charge is 0.497 e. The van der Waals surface area contributed by atoms with Gasteiger partial charge in [0.1, 0.15) is 11.5 Å². The van der Waals surface area contributed by atoms with Gasteiger partial charge in [0.15, 0.2) is 0 Å². The summed E-state index contributed by atoms with van der Waals surface area (Å²) in [5.74, 6) is 1.78. The fourth-order valence-corrected chi connectivity index (χ4v) is 11.2. The van der Waals surface area contributed by atoms with Crippen LogP contribution in [-0.2, 0) is 12.8 Å². The molecule has 0 bridgehead atoms. The van der Waals surface area contributed by atoms with Gasteiger partial charge in [-0.3, -0.25) is 0 Å². The molecule has 0 atom stereocenters. The number of fused-ring (bicyclic) bond motifs is 9. The number of thiophene rings is 2. The predicted molar refractivity (Wildman–Crippen MR) is 227 cm³/mol. The number of benzene rings is 6. The minimum absolute atomic E-state index is 0.892. The van der Waals surface area contributed by atoms with Gasteiger partial charge in [0.25, 0.3) is 0 Å². The molecule has 8 aromatic rings. The first-order chi connectivity index (χ1) is 25.6. The Morgan fingerprint density at radius 1 is 0.500 bits per heavy atom. The molecule has 0 fully saturated rings. The molecule has 2 aromatic heterocycles. The average Bonchev–Trinajstić information content (AvgIpc) is 3.92. The minimum atomic E-state index is 0.892. The third kappa shape index (κ3) is 5.33. The van der Waals surface area contributed by atoms with Crippen LogP contribution in [0.1, 0.15) is 63.5 Å². The first-order valence-electron chi connectivity index (χ1n) is 18.9. The molecular weight excluding hydrogens is 673 g/mol. The van der Waals surface area contributed by atoms with E-state index < -0.39 is 0 Å². The quantitative estimate of drug-likeness (QED) is 0.117. The molecule has 4 heteroatoms. The summed E-state index contributed by atoms with van der Waals surface area (Å²) >= 11 is 3.93. The zero-order chi connectivity index (χ0) is 35.3. The van der Waals surface area contributed by atoms with Crippen LogP contribution < -0.4 is 9.47 Å².